The maximum absolute atomic E-state index is 14.4. The highest BCUT2D eigenvalue weighted by Crippen LogP contribution is 2.72. The van der Waals surface area contributed by atoms with Crippen molar-refractivity contribution in [2.75, 3.05) is 6.61 Å². The van der Waals surface area contributed by atoms with Gasteiger partial charge in [-0.25, -0.2) is 0 Å². The molecular formula is C28H34O5. The van der Waals surface area contributed by atoms with E-state index in [9.17, 15) is 15.0 Å². The smallest absolute Gasteiger partial charge is 0.193 e. The van der Waals surface area contributed by atoms with Crippen LogP contribution in [0.4, 0.5) is 0 Å². The minimum absolute atomic E-state index is 0.0263. The summed E-state index contributed by atoms with van der Waals surface area (Å²) in [4.78, 5) is 14.4. The van der Waals surface area contributed by atoms with E-state index in [1.165, 1.54) is 0 Å². The number of fused-ring (bicyclic) bond motifs is 5. The topological polar surface area (TPSA) is 76.0 Å². The summed E-state index contributed by atoms with van der Waals surface area (Å²) >= 11 is 0. The minimum atomic E-state index is -1.78. The number of aliphatic hydroxyl groups is 2. The molecule has 2 bridgehead atoms. The third-order valence-electron chi connectivity index (χ3n) is 9.87. The van der Waals surface area contributed by atoms with Gasteiger partial charge in [-0.2, -0.15) is 0 Å². The molecule has 9 atom stereocenters. The Morgan fingerprint density at radius 3 is 2.52 bits per heavy atom. The van der Waals surface area contributed by atoms with E-state index < -0.39 is 29.0 Å². The van der Waals surface area contributed by atoms with Crippen molar-refractivity contribution < 1.29 is 24.5 Å². The van der Waals surface area contributed by atoms with Crippen LogP contribution in [-0.4, -0.2) is 40.4 Å². The lowest BCUT2D eigenvalue weighted by molar-refractivity contribution is -0.317. The summed E-state index contributed by atoms with van der Waals surface area (Å²) < 4.78 is 12.9. The van der Waals surface area contributed by atoms with Gasteiger partial charge in [0.05, 0.1) is 12.0 Å². The summed E-state index contributed by atoms with van der Waals surface area (Å²) in [5.74, 6) is -0.856. The number of Topliss-reactive ketones (excluding diaryl/α,β-unsaturated/α-hetero) is 1. The number of carbonyl (C=O) groups is 1. The van der Waals surface area contributed by atoms with E-state index in [1.54, 1.807) is 0 Å². The lowest BCUT2D eigenvalue weighted by atomic mass is 9.59. The second-order valence-corrected chi connectivity index (χ2v) is 11.8. The normalized spacial score (nSPS) is 49.6. The average Bonchev–Trinajstić information content (AvgIpc) is 3.29. The van der Waals surface area contributed by atoms with E-state index in [2.05, 4.69) is 20.8 Å². The van der Waals surface area contributed by atoms with Crippen LogP contribution in [-0.2, 0) is 20.1 Å². The second-order valence-electron chi connectivity index (χ2n) is 11.8. The van der Waals surface area contributed by atoms with Gasteiger partial charge in [-0.3, -0.25) is 4.79 Å². The highest BCUT2D eigenvalue weighted by molar-refractivity contribution is 5.95. The zero-order valence-electron chi connectivity index (χ0n) is 20.0. The second kappa shape index (κ2) is 6.45. The molecule has 4 aliphatic carbocycles. The molecular weight excluding hydrogens is 416 g/mol. The highest BCUT2D eigenvalue weighted by atomic mass is 16.7. The molecule has 0 radical (unpaired) electrons. The molecule has 3 fully saturated rings. The Balaban J connectivity index is 1.55. The molecule has 1 aliphatic heterocycles. The van der Waals surface area contributed by atoms with Crippen molar-refractivity contribution in [1.29, 1.82) is 0 Å². The minimum Gasteiger partial charge on any atom is -0.386 e. The van der Waals surface area contributed by atoms with Crippen LogP contribution >= 0.6 is 0 Å². The molecule has 1 aromatic carbocycles. The van der Waals surface area contributed by atoms with Crippen LogP contribution in [0.15, 0.2) is 53.6 Å². The van der Waals surface area contributed by atoms with Crippen molar-refractivity contribution in [2.45, 2.75) is 64.6 Å². The summed E-state index contributed by atoms with van der Waals surface area (Å²) in [6.45, 7) is 10.5. The molecule has 33 heavy (non-hydrogen) atoms. The zero-order valence-corrected chi connectivity index (χ0v) is 20.0. The first kappa shape index (κ1) is 21.7. The van der Waals surface area contributed by atoms with Gasteiger partial charge in [-0.05, 0) is 54.6 Å². The molecule has 176 valence electrons. The van der Waals surface area contributed by atoms with E-state index in [4.69, 9.17) is 9.47 Å². The number of ketones is 1. The SMILES string of the molecule is CC1=CC23C(=O)C(C=C4COC(C)(c5ccccc5)O[C@H]4[C@]2(O)[C@H]1O)[C@H]1[C@@H](C[C@H]3C)C1(C)C. The van der Waals surface area contributed by atoms with Gasteiger partial charge in [0.1, 0.15) is 17.8 Å². The molecule has 3 unspecified atom stereocenters. The molecule has 5 heteroatoms. The van der Waals surface area contributed by atoms with E-state index >= 15 is 0 Å². The number of hydrogen-bond donors (Lipinski definition) is 2. The van der Waals surface area contributed by atoms with Crippen molar-refractivity contribution in [1.82, 2.24) is 0 Å². The summed E-state index contributed by atoms with van der Waals surface area (Å²) in [6.07, 6.45) is 2.72. The number of allylic oxidation sites excluding steroid dienone is 1. The predicted octanol–water partition coefficient (Wildman–Crippen LogP) is 3.75. The van der Waals surface area contributed by atoms with E-state index in [0.29, 0.717) is 11.5 Å². The summed E-state index contributed by atoms with van der Waals surface area (Å²) in [5, 5.41) is 24.0. The highest BCUT2D eigenvalue weighted by Gasteiger charge is 2.76. The summed E-state index contributed by atoms with van der Waals surface area (Å²) in [5.41, 5.74) is -0.646. The average molecular weight is 451 g/mol. The van der Waals surface area contributed by atoms with Crippen molar-refractivity contribution in [3.8, 4) is 0 Å². The van der Waals surface area contributed by atoms with Gasteiger partial charge in [0.25, 0.3) is 0 Å². The number of aliphatic hydroxyl groups excluding tert-OH is 1. The first-order chi connectivity index (χ1) is 15.5. The first-order valence-electron chi connectivity index (χ1n) is 12.2. The number of carbonyl (C=O) groups excluding carboxylic acids is 1. The van der Waals surface area contributed by atoms with Crippen LogP contribution in [0.3, 0.4) is 0 Å². The molecule has 2 saturated carbocycles. The predicted molar refractivity (Wildman–Crippen MR) is 123 cm³/mol. The largest absolute Gasteiger partial charge is 0.386 e. The van der Waals surface area contributed by atoms with Crippen molar-refractivity contribution in [2.24, 2.45) is 34.5 Å². The van der Waals surface area contributed by atoms with Crippen LogP contribution in [0.2, 0.25) is 0 Å². The Kier molecular flexibility index (Phi) is 4.25. The maximum atomic E-state index is 14.4. The van der Waals surface area contributed by atoms with Crippen molar-refractivity contribution in [3.63, 3.8) is 0 Å². The summed E-state index contributed by atoms with van der Waals surface area (Å²) in [7, 11) is 0. The van der Waals surface area contributed by atoms with Gasteiger partial charge in [0, 0.05) is 11.5 Å². The Morgan fingerprint density at radius 1 is 1.12 bits per heavy atom. The zero-order chi connectivity index (χ0) is 23.6. The Bertz CT molecular complexity index is 1090. The van der Waals surface area contributed by atoms with Gasteiger partial charge in [0.2, 0.25) is 0 Å². The molecule has 0 amide bonds. The quantitative estimate of drug-likeness (QED) is 0.638. The van der Waals surface area contributed by atoms with Crippen LogP contribution in [0.5, 0.6) is 0 Å². The van der Waals surface area contributed by atoms with Crippen LogP contribution < -0.4 is 0 Å². The van der Waals surface area contributed by atoms with Crippen LogP contribution in [0.1, 0.15) is 46.6 Å². The molecule has 1 heterocycles. The number of hydrogen-bond acceptors (Lipinski definition) is 5. The molecule has 5 aliphatic rings. The molecule has 1 saturated heterocycles. The van der Waals surface area contributed by atoms with Crippen molar-refractivity contribution in [3.05, 3.63) is 59.2 Å². The fraction of sp³-hybridized carbons (Fsp3) is 0.607. The number of rotatable bonds is 1. The molecule has 6 rings (SSSR count). The molecule has 1 aromatic rings. The summed E-state index contributed by atoms with van der Waals surface area (Å²) in [6, 6.07) is 9.67. The van der Waals surface area contributed by atoms with Crippen molar-refractivity contribution >= 4 is 5.78 Å². The van der Waals surface area contributed by atoms with Gasteiger partial charge in [-0.1, -0.05) is 63.3 Å². The fourth-order valence-corrected chi connectivity index (χ4v) is 7.93. The van der Waals surface area contributed by atoms with Gasteiger partial charge in [-0.15, -0.1) is 0 Å². The maximum Gasteiger partial charge on any atom is 0.193 e. The Morgan fingerprint density at radius 2 is 1.82 bits per heavy atom. The molecule has 5 nitrogen and oxygen atoms in total. The van der Waals surface area contributed by atoms with E-state index in [1.807, 2.05) is 56.3 Å². The first-order valence-corrected chi connectivity index (χ1v) is 12.2. The molecule has 0 aromatic heterocycles. The lowest BCUT2D eigenvalue weighted by Crippen LogP contribution is -2.67. The monoisotopic (exact) mass is 450 g/mol. The third kappa shape index (κ3) is 2.44. The Hall–Kier alpha value is -1.79. The third-order valence-corrected chi connectivity index (χ3v) is 9.87. The van der Waals surface area contributed by atoms with Gasteiger partial charge in [0.15, 0.2) is 11.6 Å². The van der Waals surface area contributed by atoms with E-state index in [-0.39, 0.29) is 35.6 Å². The molecule has 1 spiro atoms. The fourth-order valence-electron chi connectivity index (χ4n) is 7.93. The number of benzene rings is 1. The van der Waals surface area contributed by atoms with Crippen LogP contribution in [0.25, 0.3) is 0 Å². The lowest BCUT2D eigenvalue weighted by Gasteiger charge is -2.53. The van der Waals surface area contributed by atoms with Gasteiger partial charge < -0.3 is 19.7 Å². The van der Waals surface area contributed by atoms with Crippen LogP contribution in [0, 0.1) is 34.5 Å². The van der Waals surface area contributed by atoms with E-state index in [0.717, 1.165) is 17.6 Å². The standard InChI is InChI=1S/C28H34O5/c1-15-13-27-16(2)11-20-21(25(20,3)4)19(23(27)30)12-17-14-32-26(5,18-9-7-6-8-10-18)33-24(17)28(27,31)22(15)29/h6-10,12-13,16,19-22,24,29,31H,11,14H2,1-5H3/t16-,19?,20-,21+,22+,24-,26?,27?,28-/m1/s1. The van der Waals surface area contributed by atoms with Gasteiger partial charge >= 0.3 is 0 Å². The molecule has 2 N–H and O–H groups in total. The Labute approximate surface area is 195 Å². The number of ether oxygens (including phenoxy) is 2.